The van der Waals surface area contributed by atoms with Crippen LogP contribution in [0.15, 0.2) is 104 Å². The van der Waals surface area contributed by atoms with Gasteiger partial charge in [0.2, 0.25) is 11.7 Å². The van der Waals surface area contributed by atoms with Crippen molar-refractivity contribution in [3.8, 4) is 11.6 Å². The molecule has 1 aliphatic heterocycles. The van der Waals surface area contributed by atoms with Crippen LogP contribution in [0.1, 0.15) is 79.1 Å². The fraction of sp³-hybridized carbons (Fsp3) is 0.500. The van der Waals surface area contributed by atoms with Crippen molar-refractivity contribution in [1.29, 1.82) is 0 Å². The molecule has 0 spiro atoms. The first-order chi connectivity index (χ1) is 33.7. The second-order valence-electron chi connectivity index (χ2n) is 16.2. The summed E-state index contributed by atoms with van der Waals surface area (Å²) in [5.41, 5.74) is 7.27. The molecule has 7 rings (SSSR count). The summed E-state index contributed by atoms with van der Waals surface area (Å²) in [5.74, 6) is 2.46. The fourth-order valence-corrected chi connectivity index (χ4v) is 6.99. The van der Waals surface area contributed by atoms with E-state index in [2.05, 4.69) is 49.1 Å². The predicted octanol–water partition coefficient (Wildman–Crippen LogP) is 8.99. The number of imidazole rings is 1. The quantitative estimate of drug-likeness (QED) is 0.0342. The Bertz CT molecular complexity index is 2170. The van der Waals surface area contributed by atoms with E-state index in [0.29, 0.717) is 12.5 Å². The number of nitrogens with zero attached hydrogens (tertiary/aromatic N) is 7. The third kappa shape index (κ3) is 23.9. The molecular formula is C54H79N7O8. The summed E-state index contributed by atoms with van der Waals surface area (Å²) in [6.45, 7) is 13.2. The minimum atomic E-state index is 0.657. The summed E-state index contributed by atoms with van der Waals surface area (Å²) < 4.78 is 38.9. The summed E-state index contributed by atoms with van der Waals surface area (Å²) in [6.07, 6.45) is 15.7. The zero-order valence-electron chi connectivity index (χ0n) is 42.6. The van der Waals surface area contributed by atoms with Crippen LogP contribution in [-0.4, -0.2) is 119 Å². The van der Waals surface area contributed by atoms with Crippen molar-refractivity contribution in [2.24, 2.45) is 0 Å². The Labute approximate surface area is 411 Å². The van der Waals surface area contributed by atoms with E-state index in [4.69, 9.17) is 33.2 Å². The lowest BCUT2D eigenvalue weighted by atomic mass is 10.2. The molecule has 0 bridgehead atoms. The number of rotatable bonds is 23. The molecule has 0 amide bonds. The molecule has 378 valence electrons. The Balaban J connectivity index is 0.000000229. The highest BCUT2D eigenvalue weighted by Gasteiger charge is 2.16. The SMILES string of the molecule is COCCCCc1cccc(C)[n+]1[O-].COCCCCc1cccc(C)n1.COCCCN1CCOc2ccccc21.COCCCOc1cccc(C)n1.COCCCc1cnc2ncccn12. The second-order valence-corrected chi connectivity index (χ2v) is 16.2. The number of benzene rings is 1. The number of unbranched alkanes of at least 4 members (excludes halogenated alkanes) is 2. The number of aromatic nitrogens is 6. The van der Waals surface area contributed by atoms with E-state index in [1.165, 1.54) is 17.1 Å². The first kappa shape index (κ1) is 57.6. The maximum Gasteiger partial charge on any atom is 0.233 e. The standard InChI is InChI=1S/C12H17NO2.C11H17NO2.C11H17NO.C10H13N3O.C10H15NO2/c1-14-9-4-7-13-8-10-15-12-6-3-2-5-11(12)13;1-10-6-5-8-11(12(10)13)7-3-4-9-14-2;1-10-6-5-8-11(12-10)7-3-4-9-13-2;1-14-7-2-4-9-8-12-10-11-5-3-6-13(9)10;1-9-5-3-6-10(11-9)13-8-4-7-12-2/h2-3,5-6H,4,7-10H2,1H3;5-6,8H,3-4,7,9H2,1-2H3;5-6,8H,3-4,7,9H2,1-2H3;3,5-6,8H,2,4,7H2,1H3;3,5-6H,4,7-8H2,1-2H3. The van der Waals surface area contributed by atoms with Crippen molar-refractivity contribution in [3.05, 3.63) is 143 Å². The van der Waals surface area contributed by atoms with Crippen LogP contribution in [0, 0.1) is 26.0 Å². The molecule has 15 heteroatoms. The molecule has 69 heavy (non-hydrogen) atoms. The Hall–Kier alpha value is -5.71. The van der Waals surface area contributed by atoms with Gasteiger partial charge in [-0.15, -0.1) is 0 Å². The monoisotopic (exact) mass is 954 g/mol. The van der Waals surface area contributed by atoms with Crippen molar-refractivity contribution < 1.29 is 37.9 Å². The smallest absolute Gasteiger partial charge is 0.233 e. The number of aryl methyl sites for hydroxylation is 6. The van der Waals surface area contributed by atoms with Crippen molar-refractivity contribution in [1.82, 2.24) is 24.3 Å². The number of hydrogen-bond donors (Lipinski definition) is 0. The van der Waals surface area contributed by atoms with Gasteiger partial charge in [0.15, 0.2) is 11.4 Å². The summed E-state index contributed by atoms with van der Waals surface area (Å²) in [4.78, 5) is 19.4. The molecule has 1 aromatic carbocycles. The lowest BCUT2D eigenvalue weighted by molar-refractivity contribution is -0.620. The van der Waals surface area contributed by atoms with Gasteiger partial charge in [0, 0.05) is 148 Å². The van der Waals surface area contributed by atoms with Gasteiger partial charge in [0.1, 0.15) is 12.4 Å². The minimum absolute atomic E-state index is 0.657. The molecule has 0 N–H and O–H groups in total. The van der Waals surface area contributed by atoms with Gasteiger partial charge in [-0.1, -0.05) is 24.3 Å². The van der Waals surface area contributed by atoms with E-state index < -0.39 is 0 Å². The predicted molar refractivity (Wildman–Crippen MR) is 274 cm³/mol. The molecule has 6 aromatic rings. The van der Waals surface area contributed by atoms with E-state index in [1.54, 1.807) is 41.7 Å². The van der Waals surface area contributed by atoms with Gasteiger partial charge in [-0.05, 0) is 108 Å². The molecule has 1 aliphatic rings. The molecule has 0 atom stereocenters. The van der Waals surface area contributed by atoms with E-state index in [-0.39, 0.29) is 0 Å². The zero-order valence-corrected chi connectivity index (χ0v) is 42.6. The van der Waals surface area contributed by atoms with E-state index in [1.807, 2.05) is 98.2 Å². The average molecular weight is 954 g/mol. The normalized spacial score (nSPS) is 11.3. The lowest BCUT2D eigenvalue weighted by Crippen LogP contribution is -2.34. The minimum Gasteiger partial charge on any atom is -0.618 e. The van der Waals surface area contributed by atoms with Crippen LogP contribution in [0.4, 0.5) is 5.69 Å². The van der Waals surface area contributed by atoms with Gasteiger partial charge in [0.25, 0.3) is 0 Å². The van der Waals surface area contributed by atoms with E-state index in [9.17, 15) is 5.21 Å². The fourth-order valence-electron chi connectivity index (χ4n) is 6.99. The number of fused-ring (bicyclic) bond motifs is 2. The highest BCUT2D eigenvalue weighted by molar-refractivity contribution is 5.59. The molecule has 6 heterocycles. The number of methoxy groups -OCH3 is 5. The Morgan fingerprint density at radius 2 is 1.26 bits per heavy atom. The van der Waals surface area contributed by atoms with Crippen LogP contribution in [0.2, 0.25) is 0 Å². The highest BCUT2D eigenvalue weighted by atomic mass is 16.5. The average Bonchev–Trinajstić information content (AvgIpc) is 3.78. The molecule has 0 aliphatic carbocycles. The number of anilines is 1. The molecule has 0 radical (unpaired) electrons. The number of hydrogen-bond acceptors (Lipinski definition) is 13. The molecule has 0 saturated carbocycles. The summed E-state index contributed by atoms with van der Waals surface area (Å²) in [7, 11) is 8.58. The third-order valence-electron chi connectivity index (χ3n) is 10.6. The van der Waals surface area contributed by atoms with Gasteiger partial charge >= 0.3 is 0 Å². The van der Waals surface area contributed by atoms with Crippen molar-refractivity contribution in [2.45, 2.75) is 85.0 Å². The molecule has 0 unspecified atom stereocenters. The maximum absolute atomic E-state index is 11.5. The van der Waals surface area contributed by atoms with E-state index in [0.717, 1.165) is 156 Å². The maximum atomic E-state index is 11.5. The Morgan fingerprint density at radius 1 is 0.609 bits per heavy atom. The van der Waals surface area contributed by atoms with Gasteiger partial charge in [0.05, 0.1) is 25.0 Å². The number of ether oxygens (including phenoxy) is 7. The van der Waals surface area contributed by atoms with Gasteiger partial charge in [-0.2, -0.15) is 4.73 Å². The summed E-state index contributed by atoms with van der Waals surface area (Å²) in [5, 5.41) is 11.5. The zero-order chi connectivity index (χ0) is 49.7. The number of pyridine rings is 3. The summed E-state index contributed by atoms with van der Waals surface area (Å²) in [6, 6.07) is 27.7. The molecule has 0 saturated heterocycles. The van der Waals surface area contributed by atoms with Crippen LogP contribution >= 0.6 is 0 Å². The summed E-state index contributed by atoms with van der Waals surface area (Å²) >= 11 is 0. The lowest BCUT2D eigenvalue weighted by Gasteiger charge is -2.31. The van der Waals surface area contributed by atoms with Gasteiger partial charge in [-0.3, -0.25) is 9.38 Å². The van der Waals surface area contributed by atoms with Crippen molar-refractivity contribution in [2.75, 3.05) is 99.8 Å². The van der Waals surface area contributed by atoms with Crippen LogP contribution in [0.3, 0.4) is 0 Å². The Kier molecular flexibility index (Phi) is 30.3. The Morgan fingerprint density at radius 3 is 1.99 bits per heavy atom. The molecule has 15 nitrogen and oxygen atoms in total. The van der Waals surface area contributed by atoms with Gasteiger partial charge in [-0.25, -0.2) is 15.0 Å². The first-order valence-corrected chi connectivity index (χ1v) is 24.1. The topological polar surface area (TPSA) is 151 Å². The van der Waals surface area contributed by atoms with Crippen LogP contribution in [0.25, 0.3) is 5.78 Å². The third-order valence-corrected chi connectivity index (χ3v) is 10.6. The first-order valence-electron chi connectivity index (χ1n) is 24.1. The molecular weight excluding hydrogens is 875 g/mol. The number of para-hydroxylation sites is 2. The van der Waals surface area contributed by atoms with Crippen LogP contribution in [-0.2, 0) is 42.9 Å². The van der Waals surface area contributed by atoms with Crippen LogP contribution in [0.5, 0.6) is 11.6 Å². The van der Waals surface area contributed by atoms with Crippen LogP contribution < -0.4 is 19.1 Å². The van der Waals surface area contributed by atoms with Gasteiger partial charge < -0.3 is 43.3 Å². The van der Waals surface area contributed by atoms with Crippen molar-refractivity contribution >= 4 is 11.5 Å². The van der Waals surface area contributed by atoms with Crippen molar-refractivity contribution in [3.63, 3.8) is 0 Å². The molecule has 0 fully saturated rings. The van der Waals surface area contributed by atoms with E-state index >= 15 is 0 Å². The highest BCUT2D eigenvalue weighted by Crippen LogP contribution is 2.30. The molecule has 5 aromatic heterocycles. The second kappa shape index (κ2) is 36.3. The largest absolute Gasteiger partial charge is 0.618 e.